The maximum Gasteiger partial charge on any atom is 0.377 e. The van der Waals surface area contributed by atoms with E-state index in [0.29, 0.717) is 0 Å². The lowest BCUT2D eigenvalue weighted by Gasteiger charge is -1.96. The second-order valence-corrected chi connectivity index (χ2v) is 2.24. The summed E-state index contributed by atoms with van der Waals surface area (Å²) in [4.78, 5) is 31.4. The Morgan fingerprint density at radius 2 is 1.85 bits per heavy atom. The monoisotopic (exact) mass is 179 g/mol. The predicted octanol–water partition coefficient (Wildman–Crippen LogP) is 1.35. The first kappa shape index (κ1) is 9.05. The number of carboxylic acid groups (broad SMARTS) is 1. The van der Waals surface area contributed by atoms with Crippen molar-refractivity contribution in [1.29, 1.82) is 0 Å². The van der Waals surface area contributed by atoms with Crippen LogP contribution in [0.2, 0.25) is 0 Å². The van der Waals surface area contributed by atoms with E-state index in [1.165, 1.54) is 24.3 Å². The fraction of sp³-hybridized carbons (Fsp3) is 0. The van der Waals surface area contributed by atoms with Crippen molar-refractivity contribution in [2.24, 2.45) is 5.18 Å². The van der Waals surface area contributed by atoms with Gasteiger partial charge in [-0.3, -0.25) is 4.79 Å². The van der Waals surface area contributed by atoms with Crippen molar-refractivity contribution in [1.82, 2.24) is 0 Å². The molecule has 13 heavy (non-hydrogen) atoms. The minimum Gasteiger partial charge on any atom is -0.475 e. The van der Waals surface area contributed by atoms with Crippen LogP contribution in [0.3, 0.4) is 0 Å². The number of nitroso groups, excluding NO2 is 1. The molecular formula is C8H5NO4. The van der Waals surface area contributed by atoms with E-state index in [4.69, 9.17) is 5.11 Å². The molecule has 0 fully saturated rings. The summed E-state index contributed by atoms with van der Waals surface area (Å²) in [6, 6.07) is 5.48. The average molecular weight is 179 g/mol. The zero-order chi connectivity index (χ0) is 9.84. The molecule has 5 nitrogen and oxygen atoms in total. The highest BCUT2D eigenvalue weighted by molar-refractivity contribution is 6.41. The van der Waals surface area contributed by atoms with Gasteiger partial charge in [-0.15, -0.1) is 4.91 Å². The molecule has 0 aliphatic rings. The Hall–Kier alpha value is -2.04. The minimum absolute atomic E-state index is 0.157. The quantitative estimate of drug-likeness (QED) is 0.431. The highest BCUT2D eigenvalue weighted by Crippen LogP contribution is 2.18. The van der Waals surface area contributed by atoms with Crippen LogP contribution in [0.15, 0.2) is 29.4 Å². The predicted molar refractivity (Wildman–Crippen MR) is 43.9 cm³/mol. The molecule has 0 radical (unpaired) electrons. The normalized spacial score (nSPS) is 9.23. The number of hydrogen-bond donors (Lipinski definition) is 1. The first-order valence-electron chi connectivity index (χ1n) is 3.37. The Morgan fingerprint density at radius 1 is 1.23 bits per heavy atom. The Morgan fingerprint density at radius 3 is 2.38 bits per heavy atom. The highest BCUT2D eigenvalue weighted by Gasteiger charge is 2.18. The Labute approximate surface area is 73.0 Å². The number of carboxylic acids is 1. The largest absolute Gasteiger partial charge is 0.475 e. The maximum absolute atomic E-state index is 10.9. The van der Waals surface area contributed by atoms with Crippen LogP contribution in [-0.4, -0.2) is 16.9 Å². The summed E-state index contributed by atoms with van der Waals surface area (Å²) in [5, 5.41) is 10.9. The summed E-state index contributed by atoms with van der Waals surface area (Å²) in [6.45, 7) is 0. The van der Waals surface area contributed by atoms with Gasteiger partial charge in [0.15, 0.2) is 0 Å². The highest BCUT2D eigenvalue weighted by atomic mass is 16.4. The molecule has 1 aromatic carbocycles. The third-order valence-corrected chi connectivity index (χ3v) is 1.44. The smallest absolute Gasteiger partial charge is 0.377 e. The average Bonchev–Trinajstić information content (AvgIpc) is 2.16. The van der Waals surface area contributed by atoms with Crippen LogP contribution in [0, 0.1) is 4.91 Å². The molecule has 0 saturated heterocycles. The number of aliphatic carboxylic acids is 1. The van der Waals surface area contributed by atoms with Crippen LogP contribution in [0.5, 0.6) is 0 Å². The number of carbonyl (C=O) groups is 2. The molecule has 0 amide bonds. The lowest BCUT2D eigenvalue weighted by atomic mass is 10.1. The summed E-state index contributed by atoms with van der Waals surface area (Å²) < 4.78 is 0. The standard InChI is InChI=1S/C8H5NO4/c10-7(8(11)12)5-3-1-2-4-6(5)9-13/h1-4H,(H,11,12). The molecule has 0 bridgehead atoms. The van der Waals surface area contributed by atoms with Crippen molar-refractivity contribution in [2.75, 3.05) is 0 Å². The molecule has 66 valence electrons. The van der Waals surface area contributed by atoms with Crippen LogP contribution in [0.25, 0.3) is 0 Å². The van der Waals surface area contributed by atoms with Gasteiger partial charge in [-0.25, -0.2) is 4.79 Å². The molecule has 0 spiro atoms. The van der Waals surface area contributed by atoms with Gasteiger partial charge in [0.2, 0.25) is 0 Å². The molecule has 0 heterocycles. The third kappa shape index (κ3) is 1.76. The summed E-state index contributed by atoms with van der Waals surface area (Å²) in [5.41, 5.74) is -0.347. The summed E-state index contributed by atoms with van der Waals surface area (Å²) in [5.74, 6) is -2.73. The number of carbonyl (C=O) groups excluding carboxylic acids is 1. The van der Waals surface area contributed by atoms with Crippen LogP contribution >= 0.6 is 0 Å². The van der Waals surface area contributed by atoms with Gasteiger partial charge in [0.1, 0.15) is 5.69 Å². The Balaban J connectivity index is 3.20. The minimum atomic E-state index is -1.60. The van der Waals surface area contributed by atoms with Crippen molar-refractivity contribution in [2.45, 2.75) is 0 Å². The van der Waals surface area contributed by atoms with Crippen molar-refractivity contribution in [3.05, 3.63) is 34.7 Å². The zero-order valence-corrected chi connectivity index (χ0v) is 6.43. The van der Waals surface area contributed by atoms with E-state index < -0.39 is 11.8 Å². The molecule has 1 aromatic rings. The van der Waals surface area contributed by atoms with Gasteiger partial charge in [-0.1, -0.05) is 12.1 Å². The van der Waals surface area contributed by atoms with Gasteiger partial charge < -0.3 is 5.11 Å². The number of nitrogens with zero attached hydrogens (tertiary/aromatic N) is 1. The van der Waals surface area contributed by atoms with E-state index in [2.05, 4.69) is 5.18 Å². The second-order valence-electron chi connectivity index (χ2n) is 2.24. The molecular weight excluding hydrogens is 174 g/mol. The third-order valence-electron chi connectivity index (χ3n) is 1.44. The molecule has 1 N–H and O–H groups in total. The number of ketones is 1. The fourth-order valence-corrected chi connectivity index (χ4v) is 0.860. The summed E-state index contributed by atoms with van der Waals surface area (Å²) in [6.07, 6.45) is 0. The van der Waals surface area contributed by atoms with Crippen molar-refractivity contribution in [3.63, 3.8) is 0 Å². The molecule has 0 unspecified atom stereocenters. The number of rotatable bonds is 3. The van der Waals surface area contributed by atoms with E-state index in [1.807, 2.05) is 0 Å². The van der Waals surface area contributed by atoms with Gasteiger partial charge in [0, 0.05) is 0 Å². The zero-order valence-electron chi connectivity index (χ0n) is 6.43. The van der Waals surface area contributed by atoms with Crippen LogP contribution < -0.4 is 0 Å². The Bertz CT molecular complexity index is 372. The van der Waals surface area contributed by atoms with E-state index in [9.17, 15) is 14.5 Å². The summed E-state index contributed by atoms with van der Waals surface area (Å²) >= 11 is 0. The van der Waals surface area contributed by atoms with E-state index in [0.717, 1.165) is 0 Å². The molecule has 0 aliphatic heterocycles. The summed E-state index contributed by atoms with van der Waals surface area (Å²) in [7, 11) is 0. The molecule has 0 aliphatic carbocycles. The van der Waals surface area contributed by atoms with E-state index in [-0.39, 0.29) is 11.3 Å². The van der Waals surface area contributed by atoms with Crippen LogP contribution in [0.1, 0.15) is 10.4 Å². The van der Waals surface area contributed by atoms with Crippen LogP contribution in [0.4, 0.5) is 5.69 Å². The molecule has 0 aromatic heterocycles. The number of Topliss-reactive ketones (excluding diaryl/α,β-unsaturated/α-hetero) is 1. The lowest BCUT2D eigenvalue weighted by molar-refractivity contribution is -0.131. The van der Waals surface area contributed by atoms with Crippen molar-refractivity contribution in [3.8, 4) is 0 Å². The number of hydrogen-bond acceptors (Lipinski definition) is 4. The van der Waals surface area contributed by atoms with Gasteiger partial charge in [0.25, 0.3) is 5.78 Å². The van der Waals surface area contributed by atoms with Crippen LogP contribution in [-0.2, 0) is 4.79 Å². The Kier molecular flexibility index (Phi) is 2.49. The first-order chi connectivity index (χ1) is 6.16. The molecule has 0 atom stereocenters. The fourth-order valence-electron chi connectivity index (χ4n) is 0.860. The second kappa shape index (κ2) is 3.57. The number of benzene rings is 1. The van der Waals surface area contributed by atoms with Gasteiger partial charge in [0.05, 0.1) is 5.56 Å². The van der Waals surface area contributed by atoms with Crippen molar-refractivity contribution >= 4 is 17.4 Å². The molecule has 5 heteroatoms. The lowest BCUT2D eigenvalue weighted by Crippen LogP contribution is -2.12. The van der Waals surface area contributed by atoms with Gasteiger partial charge in [-0.05, 0) is 17.3 Å². The van der Waals surface area contributed by atoms with E-state index in [1.54, 1.807) is 0 Å². The molecule has 1 rings (SSSR count). The maximum atomic E-state index is 10.9. The molecule has 0 saturated carbocycles. The van der Waals surface area contributed by atoms with Gasteiger partial charge in [-0.2, -0.15) is 0 Å². The van der Waals surface area contributed by atoms with Gasteiger partial charge >= 0.3 is 5.97 Å². The van der Waals surface area contributed by atoms with Crippen molar-refractivity contribution < 1.29 is 14.7 Å². The SMILES string of the molecule is O=Nc1ccccc1C(=O)C(=O)O. The topological polar surface area (TPSA) is 83.8 Å². The van der Waals surface area contributed by atoms with E-state index >= 15 is 0 Å². The first-order valence-corrected chi connectivity index (χ1v) is 3.37.